The molecule has 0 radical (unpaired) electrons. The molecule has 1 amide bonds. The van der Waals surface area contributed by atoms with Crippen LogP contribution >= 0.6 is 15.9 Å². The molecule has 0 aliphatic heterocycles. The Balaban J connectivity index is 1.72. The Morgan fingerprint density at radius 1 is 1.10 bits per heavy atom. The number of rotatable bonds is 6. The summed E-state index contributed by atoms with van der Waals surface area (Å²) in [6.07, 6.45) is 3.63. The highest BCUT2D eigenvalue weighted by Gasteiger charge is 2.17. The van der Waals surface area contributed by atoms with Crippen LogP contribution in [-0.2, 0) is 0 Å². The lowest BCUT2D eigenvalue weighted by atomic mass is 10.1. The second-order valence-electron chi connectivity index (χ2n) is 5.78. The van der Waals surface area contributed by atoms with E-state index in [0.717, 1.165) is 16.6 Å². The van der Waals surface area contributed by atoms with Crippen LogP contribution in [0.2, 0.25) is 0 Å². The van der Waals surface area contributed by atoms with Crippen molar-refractivity contribution < 1.29 is 18.4 Å². The smallest absolute Gasteiger partial charge is 0.262 e. The van der Waals surface area contributed by atoms with E-state index in [1.807, 2.05) is 6.92 Å². The Kier molecular flexibility index (Phi) is 6.61. The number of pyridine rings is 2. The Labute approximate surface area is 173 Å². The molecule has 1 N–H and O–H groups in total. The molecule has 0 saturated carbocycles. The van der Waals surface area contributed by atoms with Crippen LogP contribution < -0.4 is 10.2 Å². The number of carbonyl (C=O) groups excluding carboxylic acids is 1. The van der Waals surface area contributed by atoms with Gasteiger partial charge in [0.25, 0.3) is 5.91 Å². The number of hydrogen-bond donors (Lipinski definition) is 1. The number of anilines is 1. The molecule has 1 aromatic carbocycles. The first-order valence-corrected chi connectivity index (χ1v) is 9.34. The molecule has 9 heteroatoms. The number of halogens is 3. The van der Waals surface area contributed by atoms with Gasteiger partial charge < -0.3 is 10.2 Å². The predicted molar refractivity (Wildman–Crippen MR) is 108 cm³/mol. The van der Waals surface area contributed by atoms with Crippen molar-refractivity contribution in [3.05, 3.63) is 82.1 Å². The van der Waals surface area contributed by atoms with Gasteiger partial charge in [0.15, 0.2) is 0 Å². The summed E-state index contributed by atoms with van der Waals surface area (Å²) in [6, 6.07) is 9.83. The fraction of sp³-hybridized carbons (Fsp3) is 0.100. The minimum Gasteiger partial charge on any atom is -0.336 e. The summed E-state index contributed by atoms with van der Waals surface area (Å²) in [5.41, 5.74) is 0.615. The molecule has 6 nitrogen and oxygen atoms in total. The first-order valence-electron chi connectivity index (χ1n) is 8.55. The SMILES string of the molecule is CC/C(=N\Oc1ccc(Br)cn1)c1ccc(NC(=O)c2c(F)cccc2F)nc1. The van der Waals surface area contributed by atoms with E-state index in [4.69, 9.17) is 4.84 Å². The quantitative estimate of drug-likeness (QED) is 0.416. The molecule has 2 aromatic heterocycles. The zero-order chi connectivity index (χ0) is 20.8. The molecule has 29 heavy (non-hydrogen) atoms. The number of benzene rings is 1. The second kappa shape index (κ2) is 9.33. The topological polar surface area (TPSA) is 76.5 Å². The zero-order valence-electron chi connectivity index (χ0n) is 15.2. The molecule has 3 rings (SSSR count). The average molecular weight is 461 g/mol. The number of amides is 1. The van der Waals surface area contributed by atoms with E-state index in [1.54, 1.807) is 24.4 Å². The van der Waals surface area contributed by atoms with Crippen molar-refractivity contribution in [2.45, 2.75) is 13.3 Å². The van der Waals surface area contributed by atoms with Crippen LogP contribution in [0, 0.1) is 11.6 Å². The van der Waals surface area contributed by atoms with Gasteiger partial charge in [-0.05, 0) is 52.7 Å². The molecule has 0 aliphatic rings. The van der Waals surface area contributed by atoms with Crippen LogP contribution in [0.15, 0.2) is 64.5 Å². The van der Waals surface area contributed by atoms with E-state index in [-0.39, 0.29) is 5.82 Å². The molecular formula is C20H15BrF2N4O2. The summed E-state index contributed by atoms with van der Waals surface area (Å²) in [6.45, 7) is 1.90. The summed E-state index contributed by atoms with van der Waals surface area (Å²) >= 11 is 3.29. The Hall–Kier alpha value is -3.20. The number of hydrogen-bond acceptors (Lipinski definition) is 5. The minimum absolute atomic E-state index is 0.146. The van der Waals surface area contributed by atoms with Crippen molar-refractivity contribution in [2.75, 3.05) is 5.32 Å². The molecular weight excluding hydrogens is 446 g/mol. The van der Waals surface area contributed by atoms with Crippen LogP contribution in [0.5, 0.6) is 5.88 Å². The molecule has 0 saturated heterocycles. The monoisotopic (exact) mass is 460 g/mol. The van der Waals surface area contributed by atoms with Crippen molar-refractivity contribution in [1.82, 2.24) is 9.97 Å². The number of nitrogens with one attached hydrogen (secondary N) is 1. The highest BCUT2D eigenvalue weighted by atomic mass is 79.9. The fourth-order valence-corrected chi connectivity index (χ4v) is 2.61. The minimum atomic E-state index is -0.946. The normalized spacial score (nSPS) is 11.2. The summed E-state index contributed by atoms with van der Waals surface area (Å²) in [5.74, 6) is -2.33. The average Bonchev–Trinajstić information content (AvgIpc) is 2.71. The van der Waals surface area contributed by atoms with Gasteiger partial charge in [-0.25, -0.2) is 18.7 Å². The molecule has 3 aromatic rings. The predicted octanol–water partition coefficient (Wildman–Crippen LogP) is 4.96. The number of oxime groups is 1. The largest absolute Gasteiger partial charge is 0.336 e. The molecule has 2 heterocycles. The number of aromatic nitrogens is 2. The van der Waals surface area contributed by atoms with E-state index < -0.39 is 23.1 Å². The highest BCUT2D eigenvalue weighted by Crippen LogP contribution is 2.16. The lowest BCUT2D eigenvalue weighted by Crippen LogP contribution is -2.16. The van der Waals surface area contributed by atoms with E-state index >= 15 is 0 Å². The van der Waals surface area contributed by atoms with Crippen LogP contribution in [0.4, 0.5) is 14.6 Å². The Bertz CT molecular complexity index is 1020. The maximum Gasteiger partial charge on any atom is 0.262 e. The fourth-order valence-electron chi connectivity index (χ4n) is 2.37. The van der Waals surface area contributed by atoms with E-state index in [0.29, 0.717) is 23.6 Å². The maximum atomic E-state index is 13.7. The lowest BCUT2D eigenvalue weighted by Gasteiger charge is -2.08. The summed E-state index contributed by atoms with van der Waals surface area (Å²) in [5, 5.41) is 6.46. The third-order valence-electron chi connectivity index (χ3n) is 3.81. The third-order valence-corrected chi connectivity index (χ3v) is 4.28. The van der Waals surface area contributed by atoms with Crippen LogP contribution in [0.25, 0.3) is 0 Å². The molecule has 0 spiro atoms. The Morgan fingerprint density at radius 3 is 2.45 bits per heavy atom. The van der Waals surface area contributed by atoms with Crippen molar-refractivity contribution in [3.8, 4) is 5.88 Å². The van der Waals surface area contributed by atoms with Crippen LogP contribution in [0.3, 0.4) is 0 Å². The molecule has 0 unspecified atom stereocenters. The van der Waals surface area contributed by atoms with Crippen molar-refractivity contribution in [1.29, 1.82) is 0 Å². The lowest BCUT2D eigenvalue weighted by molar-refractivity contribution is 0.101. The number of nitrogens with zero attached hydrogens (tertiary/aromatic N) is 3. The van der Waals surface area contributed by atoms with Gasteiger partial charge in [-0.15, -0.1) is 0 Å². The highest BCUT2D eigenvalue weighted by molar-refractivity contribution is 9.10. The second-order valence-corrected chi connectivity index (χ2v) is 6.70. The first kappa shape index (κ1) is 20.5. The van der Waals surface area contributed by atoms with Gasteiger partial charge >= 0.3 is 0 Å². The zero-order valence-corrected chi connectivity index (χ0v) is 16.8. The van der Waals surface area contributed by atoms with Crippen LogP contribution in [0.1, 0.15) is 29.3 Å². The van der Waals surface area contributed by atoms with Gasteiger partial charge in [-0.3, -0.25) is 4.79 Å². The maximum absolute atomic E-state index is 13.7. The molecule has 0 fully saturated rings. The molecule has 0 aliphatic carbocycles. The van der Waals surface area contributed by atoms with Gasteiger partial charge in [0, 0.05) is 28.5 Å². The van der Waals surface area contributed by atoms with Gasteiger partial charge in [0.1, 0.15) is 23.0 Å². The van der Waals surface area contributed by atoms with Gasteiger partial charge in [-0.1, -0.05) is 18.1 Å². The molecule has 148 valence electrons. The van der Waals surface area contributed by atoms with Gasteiger partial charge in [0.2, 0.25) is 5.88 Å². The van der Waals surface area contributed by atoms with Crippen molar-refractivity contribution in [3.63, 3.8) is 0 Å². The Morgan fingerprint density at radius 2 is 1.86 bits per heavy atom. The van der Waals surface area contributed by atoms with Crippen molar-refractivity contribution >= 4 is 33.4 Å². The van der Waals surface area contributed by atoms with Gasteiger partial charge in [0.05, 0.1) is 5.71 Å². The summed E-state index contributed by atoms with van der Waals surface area (Å²) in [4.78, 5) is 25.6. The van der Waals surface area contributed by atoms with E-state index in [9.17, 15) is 13.6 Å². The van der Waals surface area contributed by atoms with Crippen molar-refractivity contribution in [2.24, 2.45) is 5.16 Å². The standard InChI is InChI=1S/C20H15BrF2N4O2/c1-2-16(27-29-18-9-7-13(21)11-25-18)12-6-8-17(24-10-12)26-20(28)19-14(22)4-3-5-15(19)23/h3-11H,2H2,1H3,(H,24,26,28)/b27-16+. The summed E-state index contributed by atoms with van der Waals surface area (Å²) in [7, 11) is 0. The molecule has 0 bridgehead atoms. The summed E-state index contributed by atoms with van der Waals surface area (Å²) < 4.78 is 28.2. The molecule has 0 atom stereocenters. The van der Waals surface area contributed by atoms with Gasteiger partial charge in [-0.2, -0.15) is 0 Å². The van der Waals surface area contributed by atoms with E-state index in [1.165, 1.54) is 18.3 Å². The van der Waals surface area contributed by atoms with E-state index in [2.05, 4.69) is 36.4 Å². The third kappa shape index (κ3) is 5.20. The number of carbonyl (C=O) groups is 1. The first-order chi connectivity index (χ1) is 14.0. The van der Waals surface area contributed by atoms with Crippen LogP contribution in [-0.4, -0.2) is 21.6 Å².